The van der Waals surface area contributed by atoms with Gasteiger partial charge in [-0.1, -0.05) is 12.0 Å². The third kappa shape index (κ3) is 3.08. The zero-order valence-corrected chi connectivity index (χ0v) is 6.43. The molecule has 0 bridgehead atoms. The largest absolute Gasteiger partial charge is 0.573 e. The number of hydrogen-bond donors (Lipinski definition) is 0. The molecular formula is C9H5F3O. The van der Waals surface area contributed by atoms with Crippen LogP contribution in [0.2, 0.25) is 0 Å². The highest BCUT2D eigenvalue weighted by Gasteiger charge is 2.30. The van der Waals surface area contributed by atoms with Crippen molar-refractivity contribution in [3.63, 3.8) is 0 Å². The van der Waals surface area contributed by atoms with Gasteiger partial charge < -0.3 is 4.74 Å². The third-order valence-electron chi connectivity index (χ3n) is 1.23. The molecule has 13 heavy (non-hydrogen) atoms. The Hall–Kier alpha value is -1.63. The van der Waals surface area contributed by atoms with Crippen molar-refractivity contribution in [1.82, 2.24) is 0 Å². The molecule has 0 aliphatic rings. The molecule has 0 saturated heterocycles. The van der Waals surface area contributed by atoms with E-state index >= 15 is 0 Å². The first-order chi connectivity index (χ1) is 6.01. The summed E-state index contributed by atoms with van der Waals surface area (Å²) in [6, 6.07) is 5.25. The lowest BCUT2D eigenvalue weighted by Crippen LogP contribution is -2.17. The first kappa shape index (κ1) is 9.46. The van der Waals surface area contributed by atoms with E-state index < -0.39 is 6.36 Å². The molecule has 0 amide bonds. The zero-order valence-electron chi connectivity index (χ0n) is 6.43. The smallest absolute Gasteiger partial charge is 0.406 e. The lowest BCUT2D eigenvalue weighted by atomic mass is 10.2. The van der Waals surface area contributed by atoms with Crippen LogP contribution in [0.4, 0.5) is 13.2 Å². The van der Waals surface area contributed by atoms with Gasteiger partial charge in [0.1, 0.15) is 5.75 Å². The highest BCUT2D eigenvalue weighted by Crippen LogP contribution is 2.22. The van der Waals surface area contributed by atoms with Crippen molar-refractivity contribution >= 4 is 0 Å². The van der Waals surface area contributed by atoms with Gasteiger partial charge in [-0.25, -0.2) is 0 Å². The van der Waals surface area contributed by atoms with Gasteiger partial charge in [0.05, 0.1) is 0 Å². The van der Waals surface area contributed by atoms with E-state index in [1.165, 1.54) is 18.2 Å². The molecule has 0 radical (unpaired) electrons. The molecule has 0 aliphatic heterocycles. The molecule has 4 heteroatoms. The Bertz CT molecular complexity index is 335. The van der Waals surface area contributed by atoms with Gasteiger partial charge in [0, 0.05) is 5.56 Å². The van der Waals surface area contributed by atoms with Gasteiger partial charge in [0.15, 0.2) is 0 Å². The summed E-state index contributed by atoms with van der Waals surface area (Å²) in [5.74, 6) is 1.90. The zero-order chi connectivity index (χ0) is 9.90. The summed E-state index contributed by atoms with van der Waals surface area (Å²) in [5, 5.41) is 0. The highest BCUT2D eigenvalue weighted by atomic mass is 19.4. The first-order valence-corrected chi connectivity index (χ1v) is 3.34. The highest BCUT2D eigenvalue weighted by molar-refractivity contribution is 5.38. The van der Waals surface area contributed by atoms with Gasteiger partial charge >= 0.3 is 6.36 Å². The molecule has 0 N–H and O–H groups in total. The molecule has 0 saturated carbocycles. The van der Waals surface area contributed by atoms with Crippen molar-refractivity contribution in [3.05, 3.63) is 29.8 Å². The van der Waals surface area contributed by atoms with Gasteiger partial charge in [-0.2, -0.15) is 0 Å². The lowest BCUT2D eigenvalue weighted by molar-refractivity contribution is -0.274. The summed E-state index contributed by atoms with van der Waals surface area (Å²) in [6.45, 7) is 0. The number of terminal acetylenes is 1. The van der Waals surface area contributed by atoms with Crippen molar-refractivity contribution in [2.24, 2.45) is 0 Å². The average Bonchev–Trinajstić information content (AvgIpc) is 2.01. The van der Waals surface area contributed by atoms with Crippen LogP contribution in [0.5, 0.6) is 5.75 Å². The second-order valence-corrected chi connectivity index (χ2v) is 2.22. The van der Waals surface area contributed by atoms with Crippen LogP contribution < -0.4 is 4.74 Å². The molecule has 0 heterocycles. The molecule has 0 fully saturated rings. The molecule has 1 aromatic carbocycles. The van der Waals surface area contributed by atoms with E-state index in [2.05, 4.69) is 10.7 Å². The van der Waals surface area contributed by atoms with Crippen LogP contribution in [0.3, 0.4) is 0 Å². The van der Waals surface area contributed by atoms with Crippen molar-refractivity contribution in [1.29, 1.82) is 0 Å². The molecule has 1 rings (SSSR count). The second kappa shape index (κ2) is 3.40. The van der Waals surface area contributed by atoms with Crippen molar-refractivity contribution in [2.45, 2.75) is 6.36 Å². The Morgan fingerprint density at radius 3 is 2.54 bits per heavy atom. The third-order valence-corrected chi connectivity index (χ3v) is 1.23. The molecule has 0 aliphatic carbocycles. The number of benzene rings is 1. The molecule has 1 nitrogen and oxygen atoms in total. The fraction of sp³-hybridized carbons (Fsp3) is 0.111. The Morgan fingerprint density at radius 1 is 1.31 bits per heavy atom. The van der Waals surface area contributed by atoms with Crippen molar-refractivity contribution in [3.8, 4) is 18.1 Å². The average molecular weight is 186 g/mol. The molecule has 0 aromatic heterocycles. The van der Waals surface area contributed by atoms with Crippen molar-refractivity contribution < 1.29 is 17.9 Å². The van der Waals surface area contributed by atoms with Crippen LogP contribution in [-0.2, 0) is 0 Å². The summed E-state index contributed by atoms with van der Waals surface area (Å²) in [5.41, 5.74) is 0.349. The lowest BCUT2D eigenvalue weighted by Gasteiger charge is -2.08. The maximum Gasteiger partial charge on any atom is 0.573 e. The maximum atomic E-state index is 11.7. The molecule has 1 aromatic rings. The Labute approximate surface area is 73.1 Å². The normalized spacial score (nSPS) is 10.6. The van der Waals surface area contributed by atoms with Crippen LogP contribution in [0.15, 0.2) is 24.3 Å². The topological polar surface area (TPSA) is 9.23 Å². The Kier molecular flexibility index (Phi) is 2.47. The fourth-order valence-electron chi connectivity index (χ4n) is 0.783. The number of halogens is 3. The monoisotopic (exact) mass is 186 g/mol. The predicted molar refractivity (Wildman–Crippen MR) is 41.1 cm³/mol. The van der Waals surface area contributed by atoms with E-state index in [-0.39, 0.29) is 5.75 Å². The Balaban J connectivity index is 2.86. The number of ether oxygens (including phenoxy) is 1. The van der Waals surface area contributed by atoms with E-state index in [4.69, 9.17) is 6.42 Å². The number of alkyl halides is 3. The first-order valence-electron chi connectivity index (χ1n) is 3.34. The van der Waals surface area contributed by atoms with Gasteiger partial charge in [-0.05, 0) is 18.2 Å². The molecular weight excluding hydrogens is 181 g/mol. The summed E-state index contributed by atoms with van der Waals surface area (Å²) >= 11 is 0. The van der Waals surface area contributed by atoms with Crippen LogP contribution >= 0.6 is 0 Å². The SMILES string of the molecule is C#Cc1cccc(OC(F)(F)F)c1. The summed E-state index contributed by atoms with van der Waals surface area (Å²) in [4.78, 5) is 0. The van der Waals surface area contributed by atoms with Gasteiger partial charge in [0.25, 0.3) is 0 Å². The quantitative estimate of drug-likeness (QED) is 0.612. The van der Waals surface area contributed by atoms with Crippen LogP contribution in [-0.4, -0.2) is 6.36 Å². The summed E-state index contributed by atoms with van der Waals surface area (Å²) in [6.07, 6.45) is 0.322. The van der Waals surface area contributed by atoms with Gasteiger partial charge in [-0.3, -0.25) is 0 Å². The van der Waals surface area contributed by atoms with E-state index in [0.717, 1.165) is 6.07 Å². The fourth-order valence-corrected chi connectivity index (χ4v) is 0.783. The summed E-state index contributed by atoms with van der Waals surface area (Å²) < 4.78 is 38.8. The molecule has 0 atom stereocenters. The maximum absolute atomic E-state index is 11.7. The Morgan fingerprint density at radius 2 is 2.00 bits per heavy atom. The van der Waals surface area contributed by atoms with E-state index in [0.29, 0.717) is 5.56 Å². The van der Waals surface area contributed by atoms with Crippen LogP contribution in [0.1, 0.15) is 5.56 Å². The van der Waals surface area contributed by atoms with Gasteiger partial charge in [-0.15, -0.1) is 19.6 Å². The number of hydrogen-bond acceptors (Lipinski definition) is 1. The molecule has 0 unspecified atom stereocenters. The summed E-state index contributed by atoms with van der Waals surface area (Å²) in [7, 11) is 0. The minimum absolute atomic E-state index is 0.303. The van der Waals surface area contributed by atoms with Crippen molar-refractivity contribution in [2.75, 3.05) is 0 Å². The molecule has 68 valence electrons. The van der Waals surface area contributed by atoms with E-state index in [1.807, 2.05) is 0 Å². The van der Waals surface area contributed by atoms with Crippen LogP contribution in [0.25, 0.3) is 0 Å². The van der Waals surface area contributed by atoms with E-state index in [9.17, 15) is 13.2 Å². The predicted octanol–water partition coefficient (Wildman–Crippen LogP) is 2.57. The minimum Gasteiger partial charge on any atom is -0.406 e. The van der Waals surface area contributed by atoms with E-state index in [1.54, 1.807) is 0 Å². The minimum atomic E-state index is -4.67. The molecule has 0 spiro atoms. The van der Waals surface area contributed by atoms with Gasteiger partial charge in [0.2, 0.25) is 0 Å². The second-order valence-electron chi connectivity index (χ2n) is 2.22. The number of rotatable bonds is 1. The van der Waals surface area contributed by atoms with Crippen LogP contribution in [0, 0.1) is 12.3 Å². The standard InChI is InChI=1S/C9H5F3O/c1-2-7-4-3-5-8(6-7)13-9(10,11)12/h1,3-6H.